The van der Waals surface area contributed by atoms with Gasteiger partial charge >= 0.3 is 6.03 Å². The largest absolute Gasteiger partial charge is 0.325 e. The number of nitrogens with zero attached hydrogens (tertiary/aromatic N) is 1. The molecule has 4 heteroatoms. The second-order valence-corrected chi connectivity index (χ2v) is 8.12. The van der Waals surface area contributed by atoms with Crippen LogP contribution in [0.2, 0.25) is 0 Å². The average Bonchev–Trinajstić information content (AvgIpc) is 2.86. The van der Waals surface area contributed by atoms with Gasteiger partial charge in [-0.15, -0.1) is 0 Å². The summed E-state index contributed by atoms with van der Waals surface area (Å²) in [6.45, 7) is 10.6. The molecule has 0 spiro atoms. The normalized spacial score (nSPS) is 19.9. The molecule has 1 heterocycles. The summed E-state index contributed by atoms with van der Waals surface area (Å²) in [6.07, 6.45) is 0. The fraction of sp³-hybridized carbons (Fsp3) is 0.391. The van der Waals surface area contributed by atoms with E-state index in [4.69, 9.17) is 0 Å². The molecule has 4 nitrogen and oxygen atoms in total. The van der Waals surface area contributed by atoms with Crippen LogP contribution < -0.4 is 5.32 Å². The van der Waals surface area contributed by atoms with Crippen LogP contribution in [0.1, 0.15) is 68.7 Å². The molecule has 0 aromatic heterocycles. The molecular weight excluding hydrogens is 336 g/mol. The number of imide groups is 1. The number of hydrogen-bond acceptors (Lipinski definition) is 2. The third-order valence-corrected chi connectivity index (χ3v) is 5.42. The first-order valence-corrected chi connectivity index (χ1v) is 9.55. The number of rotatable bonds is 5. The number of benzene rings is 2. The van der Waals surface area contributed by atoms with Crippen molar-refractivity contribution in [3.8, 4) is 0 Å². The number of urea groups is 1. The minimum Gasteiger partial charge on any atom is -0.319 e. The van der Waals surface area contributed by atoms with Gasteiger partial charge in [0.25, 0.3) is 5.91 Å². The Labute approximate surface area is 161 Å². The molecule has 1 saturated heterocycles. The van der Waals surface area contributed by atoms with Crippen molar-refractivity contribution in [3.63, 3.8) is 0 Å². The fourth-order valence-electron chi connectivity index (χ4n) is 3.43. The minimum absolute atomic E-state index is 0.210. The lowest BCUT2D eigenvalue weighted by atomic mass is 9.90. The summed E-state index contributed by atoms with van der Waals surface area (Å²) >= 11 is 0. The highest BCUT2D eigenvalue weighted by molar-refractivity contribution is 6.07. The molecule has 27 heavy (non-hydrogen) atoms. The van der Waals surface area contributed by atoms with Gasteiger partial charge in [0.05, 0.1) is 6.54 Å². The van der Waals surface area contributed by atoms with Gasteiger partial charge in [0.2, 0.25) is 0 Å². The number of carbonyl (C=O) groups is 2. The number of nitrogens with one attached hydrogen (secondary N) is 1. The second-order valence-electron chi connectivity index (χ2n) is 8.12. The molecule has 3 amide bonds. The quantitative estimate of drug-likeness (QED) is 0.767. The van der Waals surface area contributed by atoms with Crippen molar-refractivity contribution < 1.29 is 9.59 Å². The van der Waals surface area contributed by atoms with E-state index in [1.54, 1.807) is 6.92 Å². The van der Waals surface area contributed by atoms with Gasteiger partial charge in [-0.3, -0.25) is 9.69 Å². The van der Waals surface area contributed by atoms with Crippen LogP contribution in [0.3, 0.4) is 0 Å². The van der Waals surface area contributed by atoms with E-state index in [1.807, 2.05) is 36.4 Å². The zero-order chi connectivity index (χ0) is 19.8. The second kappa shape index (κ2) is 7.18. The molecule has 1 aliphatic heterocycles. The molecule has 1 N–H and O–H groups in total. The monoisotopic (exact) mass is 364 g/mol. The molecule has 0 bridgehead atoms. The Morgan fingerprint density at radius 3 is 1.81 bits per heavy atom. The Balaban J connectivity index is 1.81. The highest BCUT2D eigenvalue weighted by atomic mass is 16.2. The van der Waals surface area contributed by atoms with E-state index >= 15 is 0 Å². The third kappa shape index (κ3) is 3.61. The Hall–Kier alpha value is -2.62. The maximum absolute atomic E-state index is 13.1. The van der Waals surface area contributed by atoms with Gasteiger partial charge in [-0.05, 0) is 41.0 Å². The molecule has 0 radical (unpaired) electrons. The minimum atomic E-state index is -1.02. The molecule has 0 aliphatic carbocycles. The van der Waals surface area contributed by atoms with Gasteiger partial charge in [-0.2, -0.15) is 0 Å². The molecule has 3 rings (SSSR count). The molecule has 0 unspecified atom stereocenters. The van der Waals surface area contributed by atoms with Gasteiger partial charge in [-0.25, -0.2) is 4.79 Å². The SMILES string of the molecule is CC(C)c1ccc(CN2C(=O)N[C@](C)(c3ccc(C(C)C)cc3)C2=O)cc1. The van der Waals surface area contributed by atoms with Crippen LogP contribution in [-0.2, 0) is 16.9 Å². The van der Waals surface area contributed by atoms with Crippen molar-refractivity contribution in [2.24, 2.45) is 0 Å². The molecule has 1 fully saturated rings. The molecule has 0 saturated carbocycles. The summed E-state index contributed by atoms with van der Waals surface area (Å²) in [6, 6.07) is 15.7. The van der Waals surface area contributed by atoms with E-state index in [-0.39, 0.29) is 18.5 Å². The van der Waals surface area contributed by atoms with Crippen molar-refractivity contribution in [3.05, 3.63) is 70.8 Å². The van der Waals surface area contributed by atoms with Gasteiger partial charge in [0, 0.05) is 0 Å². The van der Waals surface area contributed by atoms with Crippen LogP contribution in [-0.4, -0.2) is 16.8 Å². The lowest BCUT2D eigenvalue weighted by molar-refractivity contribution is -0.131. The van der Waals surface area contributed by atoms with E-state index < -0.39 is 5.54 Å². The van der Waals surface area contributed by atoms with Crippen LogP contribution in [0.4, 0.5) is 4.79 Å². The summed E-state index contributed by atoms with van der Waals surface area (Å²) in [5.74, 6) is 0.664. The van der Waals surface area contributed by atoms with E-state index in [0.29, 0.717) is 11.8 Å². The van der Waals surface area contributed by atoms with Crippen molar-refractivity contribution in [1.29, 1.82) is 0 Å². The predicted molar refractivity (Wildman–Crippen MR) is 107 cm³/mol. The molecule has 1 aliphatic rings. The number of amides is 3. The Kier molecular flexibility index (Phi) is 5.09. The number of hydrogen-bond donors (Lipinski definition) is 1. The molecule has 2 aromatic rings. The molecule has 142 valence electrons. The Bertz CT molecular complexity index is 838. The standard InChI is InChI=1S/C23H28N2O2/c1-15(2)18-8-6-17(7-9-18)14-25-21(26)23(5,24-22(25)27)20-12-10-19(11-13-20)16(3)4/h6-13,15-16H,14H2,1-5H3,(H,24,27)/t23-/m1/s1. The summed E-state index contributed by atoms with van der Waals surface area (Å²) in [5.41, 5.74) is 3.18. The lowest BCUT2D eigenvalue weighted by Crippen LogP contribution is -2.40. The van der Waals surface area contributed by atoms with Crippen LogP contribution >= 0.6 is 0 Å². The van der Waals surface area contributed by atoms with Crippen molar-refractivity contribution in [1.82, 2.24) is 10.2 Å². The summed E-state index contributed by atoms with van der Waals surface area (Å²) < 4.78 is 0. The number of carbonyl (C=O) groups excluding carboxylic acids is 2. The highest BCUT2D eigenvalue weighted by Gasteiger charge is 2.48. The smallest absolute Gasteiger partial charge is 0.319 e. The predicted octanol–water partition coefficient (Wildman–Crippen LogP) is 4.90. The zero-order valence-electron chi connectivity index (χ0n) is 16.7. The van der Waals surface area contributed by atoms with E-state index in [2.05, 4.69) is 45.1 Å². The highest BCUT2D eigenvalue weighted by Crippen LogP contribution is 2.31. The first-order chi connectivity index (χ1) is 12.7. The van der Waals surface area contributed by atoms with E-state index in [9.17, 15) is 9.59 Å². The Morgan fingerprint density at radius 1 is 0.852 bits per heavy atom. The average molecular weight is 364 g/mol. The van der Waals surface area contributed by atoms with E-state index in [0.717, 1.165) is 11.1 Å². The first-order valence-electron chi connectivity index (χ1n) is 9.55. The van der Waals surface area contributed by atoms with E-state index in [1.165, 1.54) is 16.0 Å². The van der Waals surface area contributed by atoms with Crippen LogP contribution in [0.15, 0.2) is 48.5 Å². The van der Waals surface area contributed by atoms with Gasteiger partial charge in [0.1, 0.15) is 5.54 Å². The van der Waals surface area contributed by atoms with Gasteiger partial charge < -0.3 is 5.32 Å². The lowest BCUT2D eigenvalue weighted by Gasteiger charge is -2.23. The zero-order valence-corrected chi connectivity index (χ0v) is 16.7. The molecule has 1 atom stereocenters. The fourth-order valence-corrected chi connectivity index (χ4v) is 3.43. The summed E-state index contributed by atoms with van der Waals surface area (Å²) in [5, 5.41) is 2.88. The summed E-state index contributed by atoms with van der Waals surface area (Å²) in [4.78, 5) is 26.9. The molecular formula is C23H28N2O2. The molecule has 2 aromatic carbocycles. The maximum Gasteiger partial charge on any atom is 0.325 e. The van der Waals surface area contributed by atoms with Gasteiger partial charge in [0.15, 0.2) is 0 Å². The summed E-state index contributed by atoms with van der Waals surface area (Å²) in [7, 11) is 0. The van der Waals surface area contributed by atoms with Crippen molar-refractivity contribution >= 4 is 11.9 Å². The Morgan fingerprint density at radius 2 is 1.33 bits per heavy atom. The topological polar surface area (TPSA) is 49.4 Å². The third-order valence-electron chi connectivity index (χ3n) is 5.42. The van der Waals surface area contributed by atoms with Crippen molar-refractivity contribution in [2.75, 3.05) is 0 Å². The first kappa shape index (κ1) is 19.2. The van der Waals surface area contributed by atoms with Gasteiger partial charge in [-0.1, -0.05) is 76.2 Å². The van der Waals surface area contributed by atoms with Crippen LogP contribution in [0.25, 0.3) is 0 Å². The van der Waals surface area contributed by atoms with Crippen molar-refractivity contribution in [2.45, 2.75) is 58.5 Å². The maximum atomic E-state index is 13.1. The van der Waals surface area contributed by atoms with Crippen LogP contribution in [0.5, 0.6) is 0 Å². The van der Waals surface area contributed by atoms with Crippen LogP contribution in [0, 0.1) is 0 Å².